The zero-order valence-corrected chi connectivity index (χ0v) is 15.1. The van der Waals surface area contributed by atoms with Crippen molar-refractivity contribution in [2.45, 2.75) is 31.9 Å². The second kappa shape index (κ2) is 9.22. The van der Waals surface area contributed by atoms with Crippen LogP contribution in [0.15, 0.2) is 42.5 Å². The van der Waals surface area contributed by atoms with Crippen LogP contribution in [0.1, 0.15) is 44.7 Å². The summed E-state index contributed by atoms with van der Waals surface area (Å²) >= 11 is 0. The lowest BCUT2D eigenvalue weighted by atomic mass is 9.97. The number of carboxylic acid groups (broad SMARTS) is 2. The Hall–Kier alpha value is -3.36. The minimum Gasteiger partial charge on any atom is -0.481 e. The molecular weight excluding hydrogens is 391 g/mol. The van der Waals surface area contributed by atoms with E-state index < -0.39 is 24.5 Å². The van der Waals surface area contributed by atoms with Gasteiger partial charge in [0.2, 0.25) is 0 Å². The normalized spacial score (nSPS) is 12.0. The van der Waals surface area contributed by atoms with Crippen LogP contribution in [0.25, 0.3) is 0 Å². The Kier molecular flexibility index (Phi) is 6.98. The van der Waals surface area contributed by atoms with E-state index in [0.29, 0.717) is 11.1 Å². The van der Waals surface area contributed by atoms with Gasteiger partial charge in [-0.2, -0.15) is 13.2 Å². The fraction of sp³-hybridized carbons (Fsp3) is 0.250. The maximum atomic E-state index is 12.1. The first-order valence-corrected chi connectivity index (χ1v) is 8.61. The Morgan fingerprint density at radius 2 is 1.69 bits per heavy atom. The van der Waals surface area contributed by atoms with E-state index in [-0.39, 0.29) is 30.7 Å². The summed E-state index contributed by atoms with van der Waals surface area (Å²) in [5, 5.41) is 20.2. The fourth-order valence-corrected chi connectivity index (χ4v) is 2.72. The number of benzene rings is 2. The van der Waals surface area contributed by atoms with Gasteiger partial charge in [-0.1, -0.05) is 18.2 Å². The summed E-state index contributed by atoms with van der Waals surface area (Å²) in [6, 6.07) is 11.3. The van der Waals surface area contributed by atoms with E-state index in [1.807, 2.05) is 24.3 Å². The molecule has 3 rings (SSSR count). The Labute approximate surface area is 164 Å². The number of aliphatic carboxylic acids is 1. The summed E-state index contributed by atoms with van der Waals surface area (Å²) in [6.45, 7) is 0. The third kappa shape index (κ3) is 6.63. The molecule has 0 fully saturated rings. The van der Waals surface area contributed by atoms with Crippen molar-refractivity contribution in [2.24, 2.45) is 0 Å². The van der Waals surface area contributed by atoms with Crippen LogP contribution >= 0.6 is 0 Å². The molecule has 2 aromatic carbocycles. The van der Waals surface area contributed by atoms with Crippen LogP contribution in [0.3, 0.4) is 0 Å². The summed E-state index contributed by atoms with van der Waals surface area (Å²) in [4.78, 5) is 32.1. The first-order valence-electron chi connectivity index (χ1n) is 8.61. The van der Waals surface area contributed by atoms with E-state index in [1.165, 1.54) is 18.2 Å². The van der Waals surface area contributed by atoms with Gasteiger partial charge < -0.3 is 15.5 Å². The lowest BCUT2D eigenvalue weighted by Crippen LogP contribution is -2.23. The standard InChI is InChI=1S/C13H13F3O4.C7H5NO/c14-13(15,16)5-1-2-8-6-10(12(19)20)4-3-9(8)7-11(17)18;9-7-5-3-1-2-4-6(5)8-7/h3-4,6H,1-2,5,7H2,(H,17,18)(H,19,20);1-4H,(H,8,9). The average Bonchev–Trinajstić information content (AvgIpc) is 2.61. The minimum absolute atomic E-state index is 0.0107. The number of carbonyl (C=O) groups excluding carboxylic acids is 1. The number of fused-ring (bicyclic) bond motifs is 1. The van der Waals surface area contributed by atoms with Crippen molar-refractivity contribution >= 4 is 23.5 Å². The topological polar surface area (TPSA) is 104 Å². The van der Waals surface area contributed by atoms with Crippen LogP contribution in [-0.2, 0) is 17.6 Å². The van der Waals surface area contributed by atoms with Gasteiger partial charge in [-0.25, -0.2) is 4.79 Å². The number of amides is 1. The second-order valence-corrected chi connectivity index (χ2v) is 6.33. The van der Waals surface area contributed by atoms with Crippen LogP contribution in [0.5, 0.6) is 0 Å². The third-order valence-corrected chi connectivity index (χ3v) is 4.12. The van der Waals surface area contributed by atoms with Gasteiger partial charge in [0.1, 0.15) is 0 Å². The lowest BCUT2D eigenvalue weighted by Gasteiger charge is -2.17. The van der Waals surface area contributed by atoms with Crippen molar-refractivity contribution in [2.75, 3.05) is 5.32 Å². The SMILES string of the molecule is O=C(O)Cc1ccc(C(=O)O)cc1CCCC(F)(F)F.O=C1Nc2ccccc21. The largest absolute Gasteiger partial charge is 0.481 e. The number of carboxylic acids is 2. The highest BCUT2D eigenvalue weighted by atomic mass is 19.4. The molecule has 0 spiro atoms. The number of aromatic carboxylic acids is 1. The maximum absolute atomic E-state index is 12.1. The maximum Gasteiger partial charge on any atom is 0.389 e. The van der Waals surface area contributed by atoms with Gasteiger partial charge in [-0.3, -0.25) is 9.59 Å². The quantitative estimate of drug-likeness (QED) is 0.665. The number of carbonyl (C=O) groups is 3. The average molecular weight is 409 g/mol. The van der Waals surface area contributed by atoms with Crippen molar-refractivity contribution in [3.05, 3.63) is 64.7 Å². The van der Waals surface area contributed by atoms with Crippen molar-refractivity contribution in [1.82, 2.24) is 0 Å². The number of hydrogen-bond donors (Lipinski definition) is 3. The molecule has 1 amide bonds. The highest BCUT2D eigenvalue weighted by molar-refractivity contribution is 6.17. The van der Waals surface area contributed by atoms with Crippen LogP contribution < -0.4 is 5.32 Å². The molecule has 1 heterocycles. The molecule has 1 aliphatic heterocycles. The molecule has 0 radical (unpaired) electrons. The molecule has 9 heteroatoms. The number of rotatable bonds is 6. The molecule has 0 saturated carbocycles. The third-order valence-electron chi connectivity index (χ3n) is 4.12. The van der Waals surface area contributed by atoms with Crippen molar-refractivity contribution in [3.8, 4) is 0 Å². The zero-order chi connectivity index (χ0) is 21.6. The number of hydrogen-bond acceptors (Lipinski definition) is 3. The molecule has 0 aliphatic carbocycles. The molecular formula is C20H18F3NO5. The van der Waals surface area contributed by atoms with Gasteiger partial charge in [0.15, 0.2) is 0 Å². The van der Waals surface area contributed by atoms with Crippen molar-refractivity contribution < 1.29 is 37.8 Å². The Balaban J connectivity index is 0.000000272. The summed E-state index contributed by atoms with van der Waals surface area (Å²) in [5.41, 5.74) is 2.35. The summed E-state index contributed by atoms with van der Waals surface area (Å²) in [6.07, 6.45) is -5.84. The lowest BCUT2D eigenvalue weighted by molar-refractivity contribution is -0.137. The molecule has 0 atom stereocenters. The van der Waals surface area contributed by atoms with Gasteiger partial charge in [0.25, 0.3) is 5.91 Å². The van der Waals surface area contributed by atoms with Crippen LogP contribution in [0.4, 0.5) is 18.9 Å². The van der Waals surface area contributed by atoms with Gasteiger partial charge in [0.05, 0.1) is 23.2 Å². The Morgan fingerprint density at radius 1 is 1.00 bits per heavy atom. The molecule has 0 unspecified atom stereocenters. The molecule has 2 aromatic rings. The zero-order valence-electron chi connectivity index (χ0n) is 15.1. The predicted molar refractivity (Wildman–Crippen MR) is 98.1 cm³/mol. The monoisotopic (exact) mass is 409 g/mol. The van der Waals surface area contributed by atoms with E-state index in [9.17, 15) is 27.6 Å². The molecule has 29 heavy (non-hydrogen) atoms. The van der Waals surface area contributed by atoms with Crippen LogP contribution in [0, 0.1) is 0 Å². The van der Waals surface area contributed by atoms with Gasteiger partial charge >= 0.3 is 18.1 Å². The number of aryl methyl sites for hydroxylation is 1. The van der Waals surface area contributed by atoms with E-state index in [1.54, 1.807) is 0 Å². The first kappa shape index (κ1) is 21.9. The molecule has 154 valence electrons. The first-order chi connectivity index (χ1) is 13.6. The van der Waals surface area contributed by atoms with E-state index in [4.69, 9.17) is 10.2 Å². The van der Waals surface area contributed by atoms with Gasteiger partial charge in [0, 0.05) is 6.42 Å². The minimum atomic E-state index is -4.28. The number of para-hydroxylation sites is 1. The highest BCUT2D eigenvalue weighted by Gasteiger charge is 2.26. The fourth-order valence-electron chi connectivity index (χ4n) is 2.72. The molecule has 6 nitrogen and oxygen atoms in total. The number of alkyl halides is 3. The Morgan fingerprint density at radius 3 is 2.21 bits per heavy atom. The van der Waals surface area contributed by atoms with Crippen LogP contribution in [-0.4, -0.2) is 34.2 Å². The summed E-state index contributed by atoms with van der Waals surface area (Å²) in [5.74, 6) is -2.29. The van der Waals surface area contributed by atoms with Gasteiger partial charge in [-0.15, -0.1) is 0 Å². The van der Waals surface area contributed by atoms with E-state index in [0.717, 1.165) is 11.3 Å². The molecule has 3 N–H and O–H groups in total. The molecule has 0 bridgehead atoms. The number of halogens is 3. The second-order valence-electron chi connectivity index (χ2n) is 6.33. The van der Waals surface area contributed by atoms with E-state index >= 15 is 0 Å². The summed E-state index contributed by atoms with van der Waals surface area (Å²) in [7, 11) is 0. The van der Waals surface area contributed by atoms with Crippen molar-refractivity contribution in [1.29, 1.82) is 0 Å². The smallest absolute Gasteiger partial charge is 0.389 e. The van der Waals surface area contributed by atoms with Crippen LogP contribution in [0.2, 0.25) is 0 Å². The number of anilines is 1. The molecule has 1 aliphatic rings. The van der Waals surface area contributed by atoms with E-state index in [2.05, 4.69) is 5.32 Å². The van der Waals surface area contributed by atoms with Gasteiger partial charge in [-0.05, 0) is 48.2 Å². The van der Waals surface area contributed by atoms with Crippen molar-refractivity contribution in [3.63, 3.8) is 0 Å². The predicted octanol–water partition coefficient (Wildman–Crippen LogP) is 4.15. The Bertz CT molecular complexity index is 925. The molecule has 0 aromatic heterocycles. The molecule has 0 saturated heterocycles. The highest BCUT2D eigenvalue weighted by Crippen LogP contribution is 2.24. The number of nitrogens with one attached hydrogen (secondary N) is 1. The summed E-state index contributed by atoms with van der Waals surface area (Å²) < 4.78 is 36.3.